The number of nitrogens with one attached hydrogen (secondary N) is 1. The standard InChI is InChI=1S/C20H15N3O4S/c1-2-12-10-15(24)26-19-16(12)18(25)21-20(22-19)27-23-17(14-8-9-28-11-14)13-6-4-3-5-7-13/h3-11H,2H2,1H3,(H,21,22,25)/b23-17-. The number of oxime groups is 1. The Morgan fingerprint density at radius 3 is 2.75 bits per heavy atom. The minimum atomic E-state index is -0.569. The number of H-pyrrole nitrogens is 1. The van der Waals surface area contributed by atoms with Gasteiger partial charge in [0.05, 0.1) is 0 Å². The molecule has 0 saturated carbocycles. The summed E-state index contributed by atoms with van der Waals surface area (Å²) in [6.45, 7) is 1.84. The van der Waals surface area contributed by atoms with Crippen LogP contribution in [-0.4, -0.2) is 15.7 Å². The van der Waals surface area contributed by atoms with E-state index in [4.69, 9.17) is 9.25 Å². The van der Waals surface area contributed by atoms with Crippen molar-refractivity contribution in [2.45, 2.75) is 13.3 Å². The first-order chi connectivity index (χ1) is 13.7. The number of rotatable bonds is 5. The highest BCUT2D eigenvalue weighted by molar-refractivity contribution is 7.08. The number of nitrogens with zero attached hydrogens (tertiary/aromatic N) is 2. The Kier molecular flexibility index (Phi) is 4.86. The van der Waals surface area contributed by atoms with Crippen LogP contribution in [0.5, 0.6) is 6.01 Å². The van der Waals surface area contributed by atoms with E-state index in [2.05, 4.69) is 15.1 Å². The summed E-state index contributed by atoms with van der Waals surface area (Å²) in [6, 6.07) is 12.6. The van der Waals surface area contributed by atoms with Gasteiger partial charge in [0, 0.05) is 22.6 Å². The molecule has 0 spiro atoms. The number of aromatic nitrogens is 2. The first-order valence-electron chi connectivity index (χ1n) is 8.55. The molecule has 0 unspecified atom stereocenters. The van der Waals surface area contributed by atoms with Gasteiger partial charge in [-0.3, -0.25) is 9.78 Å². The molecule has 8 heteroatoms. The van der Waals surface area contributed by atoms with Crippen LogP contribution < -0.4 is 16.0 Å². The van der Waals surface area contributed by atoms with E-state index in [1.54, 1.807) is 0 Å². The van der Waals surface area contributed by atoms with E-state index in [0.29, 0.717) is 17.7 Å². The third-order valence-electron chi connectivity index (χ3n) is 4.12. The predicted octanol–water partition coefficient (Wildman–Crippen LogP) is 3.33. The van der Waals surface area contributed by atoms with Gasteiger partial charge < -0.3 is 9.25 Å². The first kappa shape index (κ1) is 17.9. The molecule has 0 aliphatic rings. The van der Waals surface area contributed by atoms with Crippen molar-refractivity contribution in [1.82, 2.24) is 9.97 Å². The zero-order valence-electron chi connectivity index (χ0n) is 14.8. The van der Waals surface area contributed by atoms with Crippen molar-refractivity contribution < 1.29 is 9.25 Å². The zero-order valence-corrected chi connectivity index (χ0v) is 15.7. The fourth-order valence-corrected chi connectivity index (χ4v) is 3.45. The summed E-state index contributed by atoms with van der Waals surface area (Å²) in [7, 11) is 0. The van der Waals surface area contributed by atoms with Gasteiger partial charge in [-0.25, -0.2) is 4.79 Å². The van der Waals surface area contributed by atoms with Crippen LogP contribution in [0.2, 0.25) is 0 Å². The van der Waals surface area contributed by atoms with Gasteiger partial charge in [0.25, 0.3) is 5.56 Å². The Bertz CT molecular complexity index is 1260. The smallest absolute Gasteiger partial charge is 0.337 e. The number of hydrogen-bond acceptors (Lipinski definition) is 7. The molecule has 3 aromatic heterocycles. The van der Waals surface area contributed by atoms with E-state index < -0.39 is 11.2 Å². The van der Waals surface area contributed by atoms with Crippen molar-refractivity contribution in [3.63, 3.8) is 0 Å². The molecule has 0 aliphatic carbocycles. The molecule has 1 aromatic carbocycles. The lowest BCUT2D eigenvalue weighted by atomic mass is 10.1. The Morgan fingerprint density at radius 2 is 2.04 bits per heavy atom. The molecule has 140 valence electrons. The number of fused-ring (bicyclic) bond motifs is 1. The maximum Gasteiger partial charge on any atom is 0.337 e. The van der Waals surface area contributed by atoms with E-state index in [9.17, 15) is 9.59 Å². The maximum absolute atomic E-state index is 12.4. The molecule has 3 heterocycles. The molecule has 0 radical (unpaired) electrons. The highest BCUT2D eigenvalue weighted by Gasteiger charge is 2.14. The molecule has 7 nitrogen and oxygen atoms in total. The molecule has 0 atom stereocenters. The van der Waals surface area contributed by atoms with Crippen LogP contribution in [0.1, 0.15) is 23.6 Å². The minimum absolute atomic E-state index is 0.0740. The van der Waals surface area contributed by atoms with E-state index in [0.717, 1.165) is 11.1 Å². The van der Waals surface area contributed by atoms with E-state index >= 15 is 0 Å². The van der Waals surface area contributed by atoms with Crippen LogP contribution in [0, 0.1) is 0 Å². The van der Waals surface area contributed by atoms with E-state index in [1.165, 1.54) is 17.4 Å². The van der Waals surface area contributed by atoms with Gasteiger partial charge in [0.1, 0.15) is 11.1 Å². The second-order valence-corrected chi connectivity index (χ2v) is 6.68. The molecular formula is C20H15N3O4S. The van der Waals surface area contributed by atoms with Gasteiger partial charge in [-0.05, 0) is 23.4 Å². The van der Waals surface area contributed by atoms with Gasteiger partial charge in [-0.15, -0.1) is 0 Å². The summed E-state index contributed by atoms with van der Waals surface area (Å²) >= 11 is 1.53. The van der Waals surface area contributed by atoms with Crippen molar-refractivity contribution in [3.05, 3.63) is 90.7 Å². The van der Waals surface area contributed by atoms with Gasteiger partial charge in [0.15, 0.2) is 0 Å². The second kappa shape index (κ2) is 7.61. The summed E-state index contributed by atoms with van der Waals surface area (Å²) in [4.78, 5) is 36.2. The summed E-state index contributed by atoms with van der Waals surface area (Å²) in [5, 5.41) is 8.30. The SMILES string of the molecule is CCc1cc(=O)oc2nc(O/N=C(/c3ccccc3)c3ccsc3)[nH]c(=O)c12. The van der Waals surface area contributed by atoms with Crippen LogP contribution >= 0.6 is 11.3 Å². The molecule has 0 amide bonds. The fourth-order valence-electron chi connectivity index (χ4n) is 2.81. The first-order valence-corrected chi connectivity index (χ1v) is 9.50. The Hall–Kier alpha value is -3.52. The van der Waals surface area contributed by atoms with Gasteiger partial charge in [-0.1, -0.05) is 42.4 Å². The third kappa shape index (κ3) is 3.49. The van der Waals surface area contributed by atoms with Crippen LogP contribution in [0.15, 0.2) is 72.4 Å². The highest BCUT2D eigenvalue weighted by Crippen LogP contribution is 2.16. The summed E-state index contributed by atoms with van der Waals surface area (Å²) in [5.74, 6) is 0. The third-order valence-corrected chi connectivity index (χ3v) is 4.80. The lowest BCUT2D eigenvalue weighted by Crippen LogP contribution is -2.15. The Balaban J connectivity index is 1.78. The normalized spacial score (nSPS) is 11.7. The van der Waals surface area contributed by atoms with E-state index in [-0.39, 0.29) is 17.1 Å². The zero-order chi connectivity index (χ0) is 19.5. The molecule has 0 fully saturated rings. The number of aromatic amines is 1. The Morgan fingerprint density at radius 1 is 1.21 bits per heavy atom. The highest BCUT2D eigenvalue weighted by atomic mass is 32.1. The molecule has 1 N–H and O–H groups in total. The van der Waals surface area contributed by atoms with Gasteiger partial charge in [-0.2, -0.15) is 16.3 Å². The summed E-state index contributed by atoms with van der Waals surface area (Å²) in [5.41, 5.74) is 1.79. The van der Waals surface area contributed by atoms with Crippen LogP contribution in [0.3, 0.4) is 0 Å². The molecule has 4 rings (SSSR count). The quantitative estimate of drug-likeness (QED) is 0.414. The molecule has 28 heavy (non-hydrogen) atoms. The molecule has 4 aromatic rings. The van der Waals surface area contributed by atoms with Gasteiger partial charge in [0.2, 0.25) is 5.71 Å². The molecule has 0 saturated heterocycles. The van der Waals surface area contributed by atoms with Crippen LogP contribution in [0.4, 0.5) is 0 Å². The van der Waals surface area contributed by atoms with Crippen LogP contribution in [0.25, 0.3) is 11.1 Å². The van der Waals surface area contributed by atoms with Crippen molar-refractivity contribution >= 4 is 28.1 Å². The maximum atomic E-state index is 12.4. The summed E-state index contributed by atoms with van der Waals surface area (Å²) in [6.07, 6.45) is 0.502. The van der Waals surface area contributed by atoms with Crippen molar-refractivity contribution in [1.29, 1.82) is 0 Å². The number of benzene rings is 1. The lowest BCUT2D eigenvalue weighted by Gasteiger charge is -2.06. The van der Waals surface area contributed by atoms with Crippen molar-refractivity contribution in [3.8, 4) is 6.01 Å². The number of thiophene rings is 1. The Labute approximate surface area is 162 Å². The molecular weight excluding hydrogens is 378 g/mol. The number of hydrogen-bond donors (Lipinski definition) is 1. The monoisotopic (exact) mass is 393 g/mol. The lowest BCUT2D eigenvalue weighted by molar-refractivity contribution is 0.311. The average Bonchev–Trinajstić information content (AvgIpc) is 3.22. The van der Waals surface area contributed by atoms with Crippen LogP contribution in [-0.2, 0) is 6.42 Å². The fraction of sp³-hybridized carbons (Fsp3) is 0.100. The summed E-state index contributed by atoms with van der Waals surface area (Å²) < 4.78 is 5.08. The topological polar surface area (TPSA) is 97.5 Å². The van der Waals surface area contributed by atoms with Crippen molar-refractivity contribution in [2.24, 2.45) is 5.16 Å². The largest absolute Gasteiger partial charge is 0.403 e. The second-order valence-electron chi connectivity index (χ2n) is 5.90. The molecule has 0 bridgehead atoms. The minimum Gasteiger partial charge on any atom is -0.403 e. The van der Waals surface area contributed by atoms with E-state index in [1.807, 2.05) is 54.1 Å². The number of aryl methyl sites for hydroxylation is 1. The average molecular weight is 393 g/mol. The van der Waals surface area contributed by atoms with Crippen molar-refractivity contribution in [2.75, 3.05) is 0 Å². The predicted molar refractivity (Wildman–Crippen MR) is 107 cm³/mol. The van der Waals surface area contributed by atoms with Gasteiger partial charge >= 0.3 is 11.6 Å². The molecule has 0 aliphatic heterocycles.